The highest BCUT2D eigenvalue weighted by atomic mass is 19.4. The van der Waals surface area contributed by atoms with Gasteiger partial charge < -0.3 is 4.74 Å². The Kier molecular flexibility index (Phi) is 4.45. The van der Waals surface area contributed by atoms with Gasteiger partial charge in [-0.05, 0) is 37.3 Å². The molecule has 4 aromatic rings. The summed E-state index contributed by atoms with van der Waals surface area (Å²) in [7, 11) is 0. The Bertz CT molecular complexity index is 1460. The summed E-state index contributed by atoms with van der Waals surface area (Å²) in [5.74, 6) is -2.55. The van der Waals surface area contributed by atoms with E-state index in [2.05, 4.69) is 14.8 Å². The molecule has 5 rings (SSSR count). The van der Waals surface area contributed by atoms with Crippen molar-refractivity contribution in [2.45, 2.75) is 13.3 Å². The average Bonchev–Trinajstić information content (AvgIpc) is 3.21. The Labute approximate surface area is 182 Å². The first-order valence-corrected chi connectivity index (χ1v) is 9.53. The first-order chi connectivity index (χ1) is 15.6. The highest BCUT2D eigenvalue weighted by Gasteiger charge is 2.40. The molecule has 0 saturated heterocycles. The van der Waals surface area contributed by atoms with Gasteiger partial charge in [-0.15, -0.1) is 13.2 Å². The van der Waals surface area contributed by atoms with Gasteiger partial charge >= 0.3 is 6.36 Å². The van der Waals surface area contributed by atoms with E-state index in [1.807, 2.05) is 0 Å². The molecule has 0 saturated carbocycles. The van der Waals surface area contributed by atoms with Gasteiger partial charge in [0.05, 0.1) is 33.6 Å². The fourth-order valence-corrected chi connectivity index (χ4v) is 3.80. The van der Waals surface area contributed by atoms with Crippen LogP contribution in [-0.2, 0) is 0 Å². The Hall–Kier alpha value is -4.28. The quantitative estimate of drug-likeness (QED) is 0.334. The maximum atomic E-state index is 13.7. The average molecular weight is 456 g/mol. The van der Waals surface area contributed by atoms with Crippen molar-refractivity contribution in [3.63, 3.8) is 0 Å². The minimum atomic E-state index is -4.93. The van der Waals surface area contributed by atoms with Crippen LogP contribution in [0, 0.1) is 12.7 Å². The van der Waals surface area contributed by atoms with Crippen LogP contribution in [-0.4, -0.2) is 32.9 Å². The van der Waals surface area contributed by atoms with Crippen LogP contribution in [0.4, 0.5) is 23.2 Å². The molecule has 2 amide bonds. The van der Waals surface area contributed by atoms with Gasteiger partial charge in [0.1, 0.15) is 11.6 Å². The number of fused-ring (bicyclic) bond motifs is 3. The third kappa shape index (κ3) is 3.37. The van der Waals surface area contributed by atoms with Crippen molar-refractivity contribution in [2.24, 2.45) is 0 Å². The second-order valence-corrected chi connectivity index (χ2v) is 7.21. The van der Waals surface area contributed by atoms with Crippen molar-refractivity contribution in [3.8, 4) is 11.4 Å². The number of ether oxygens (including phenoxy) is 1. The van der Waals surface area contributed by atoms with Crippen LogP contribution in [0.25, 0.3) is 16.7 Å². The number of imide groups is 1. The molecule has 11 heteroatoms. The lowest BCUT2D eigenvalue weighted by Crippen LogP contribution is -2.29. The number of aromatic nitrogens is 3. The van der Waals surface area contributed by atoms with Crippen molar-refractivity contribution in [1.82, 2.24) is 14.8 Å². The minimum absolute atomic E-state index is 0.0171. The number of carbonyl (C=O) groups is 2. The molecule has 0 bridgehead atoms. The second-order valence-electron chi connectivity index (χ2n) is 7.21. The third-order valence-corrected chi connectivity index (χ3v) is 5.08. The molecule has 166 valence electrons. The van der Waals surface area contributed by atoms with Crippen molar-refractivity contribution in [3.05, 3.63) is 77.4 Å². The summed E-state index contributed by atoms with van der Waals surface area (Å²) in [5, 5.41) is 4.64. The van der Waals surface area contributed by atoms with E-state index in [0.29, 0.717) is 16.8 Å². The van der Waals surface area contributed by atoms with E-state index in [4.69, 9.17) is 0 Å². The van der Waals surface area contributed by atoms with Crippen LogP contribution in [0.15, 0.2) is 54.7 Å². The Morgan fingerprint density at radius 3 is 2.42 bits per heavy atom. The Morgan fingerprint density at radius 1 is 0.970 bits per heavy atom. The third-order valence-electron chi connectivity index (χ3n) is 5.08. The molecule has 0 unspecified atom stereocenters. The smallest absolute Gasteiger partial charge is 0.406 e. The van der Waals surface area contributed by atoms with E-state index >= 15 is 0 Å². The summed E-state index contributed by atoms with van der Waals surface area (Å²) in [6.45, 7) is 1.61. The van der Waals surface area contributed by atoms with Gasteiger partial charge in [-0.2, -0.15) is 5.10 Å². The topological polar surface area (TPSA) is 77.3 Å². The SMILES string of the molecule is Cc1nn(-c2cccc(F)c2)c2ncc3c(c12)C(=O)N(c1cccc(OC(F)(F)F)c1)C3=O. The van der Waals surface area contributed by atoms with Crippen molar-refractivity contribution in [2.75, 3.05) is 4.90 Å². The number of hydrogen-bond donors (Lipinski definition) is 0. The van der Waals surface area contributed by atoms with E-state index in [1.165, 1.54) is 41.2 Å². The number of benzene rings is 2. The van der Waals surface area contributed by atoms with E-state index in [9.17, 15) is 27.2 Å². The summed E-state index contributed by atoms with van der Waals surface area (Å²) in [6, 6.07) is 10.2. The molecule has 0 atom stereocenters. The molecule has 33 heavy (non-hydrogen) atoms. The summed E-state index contributed by atoms with van der Waals surface area (Å²) >= 11 is 0. The lowest BCUT2D eigenvalue weighted by atomic mass is 10.1. The molecular formula is C22H12F4N4O3. The number of halogens is 4. The van der Waals surface area contributed by atoms with Crippen molar-refractivity contribution >= 4 is 28.5 Å². The lowest BCUT2D eigenvalue weighted by molar-refractivity contribution is -0.274. The summed E-state index contributed by atoms with van der Waals surface area (Å²) < 4.78 is 56.8. The van der Waals surface area contributed by atoms with Gasteiger partial charge in [0.15, 0.2) is 5.65 Å². The monoisotopic (exact) mass is 456 g/mol. The van der Waals surface area contributed by atoms with Gasteiger partial charge in [-0.1, -0.05) is 12.1 Å². The fourth-order valence-electron chi connectivity index (χ4n) is 3.80. The van der Waals surface area contributed by atoms with E-state index in [1.54, 1.807) is 13.0 Å². The molecule has 2 aromatic heterocycles. The molecule has 3 heterocycles. The number of pyridine rings is 1. The van der Waals surface area contributed by atoms with Crippen LogP contribution in [0.2, 0.25) is 0 Å². The van der Waals surface area contributed by atoms with Crippen LogP contribution >= 0.6 is 0 Å². The number of alkyl halides is 3. The van der Waals surface area contributed by atoms with E-state index in [0.717, 1.165) is 17.0 Å². The van der Waals surface area contributed by atoms with Crippen LogP contribution in [0.1, 0.15) is 26.4 Å². The Morgan fingerprint density at radius 2 is 1.70 bits per heavy atom. The number of carbonyl (C=O) groups excluding carboxylic acids is 2. The Balaban J connectivity index is 1.63. The number of hydrogen-bond acceptors (Lipinski definition) is 5. The lowest BCUT2D eigenvalue weighted by Gasteiger charge is -2.15. The van der Waals surface area contributed by atoms with Crippen LogP contribution < -0.4 is 9.64 Å². The maximum absolute atomic E-state index is 13.7. The molecule has 7 nitrogen and oxygen atoms in total. The molecule has 0 spiro atoms. The normalized spacial score (nSPS) is 13.7. The predicted octanol–water partition coefficient (Wildman–Crippen LogP) is 4.57. The number of nitrogens with zero attached hydrogens (tertiary/aromatic N) is 4. The largest absolute Gasteiger partial charge is 0.573 e. The fraction of sp³-hybridized carbons (Fsp3) is 0.0909. The number of rotatable bonds is 3. The van der Waals surface area contributed by atoms with Gasteiger partial charge in [-0.3, -0.25) is 9.59 Å². The molecule has 0 N–H and O–H groups in total. The van der Waals surface area contributed by atoms with Crippen molar-refractivity contribution < 1.29 is 31.9 Å². The van der Waals surface area contributed by atoms with Gasteiger partial charge in [0, 0.05) is 12.3 Å². The van der Waals surface area contributed by atoms with Gasteiger partial charge in [-0.25, -0.2) is 19.0 Å². The highest BCUT2D eigenvalue weighted by Crippen LogP contribution is 2.36. The van der Waals surface area contributed by atoms with E-state index < -0.39 is 29.7 Å². The molecule has 0 aliphatic carbocycles. The molecule has 0 radical (unpaired) electrons. The second kappa shape index (κ2) is 7.12. The molecule has 0 fully saturated rings. The van der Waals surface area contributed by atoms with Crippen LogP contribution in [0.5, 0.6) is 5.75 Å². The molecule has 1 aliphatic rings. The van der Waals surface area contributed by atoms with E-state index in [-0.39, 0.29) is 22.5 Å². The first-order valence-electron chi connectivity index (χ1n) is 9.53. The van der Waals surface area contributed by atoms with Crippen LogP contribution in [0.3, 0.4) is 0 Å². The summed E-state index contributed by atoms with van der Waals surface area (Å²) in [5.41, 5.74) is 0.881. The predicted molar refractivity (Wildman–Crippen MR) is 108 cm³/mol. The summed E-state index contributed by atoms with van der Waals surface area (Å²) in [4.78, 5) is 31.3. The molecule has 1 aliphatic heterocycles. The van der Waals surface area contributed by atoms with Gasteiger partial charge in [0.25, 0.3) is 11.8 Å². The number of anilines is 1. The first kappa shape index (κ1) is 20.6. The zero-order valence-corrected chi connectivity index (χ0v) is 16.7. The molecule has 2 aromatic carbocycles. The zero-order chi connectivity index (χ0) is 23.5. The number of aryl methyl sites for hydroxylation is 1. The maximum Gasteiger partial charge on any atom is 0.573 e. The molecular weight excluding hydrogens is 444 g/mol. The number of amides is 2. The summed E-state index contributed by atoms with van der Waals surface area (Å²) in [6.07, 6.45) is -3.73. The highest BCUT2D eigenvalue weighted by molar-refractivity contribution is 6.37. The van der Waals surface area contributed by atoms with Crippen molar-refractivity contribution in [1.29, 1.82) is 0 Å². The minimum Gasteiger partial charge on any atom is -0.406 e. The zero-order valence-electron chi connectivity index (χ0n) is 16.7. The van der Waals surface area contributed by atoms with Gasteiger partial charge in [0.2, 0.25) is 0 Å². The standard InChI is InChI=1S/C22H12F4N4O3/c1-11-17-18-16(10-27-19(17)30(28-11)14-6-2-4-12(23)8-14)20(31)29(21(18)32)13-5-3-7-15(9-13)33-22(24,25)26/h2-10H,1H3.